The van der Waals surface area contributed by atoms with Gasteiger partial charge in [-0.2, -0.15) is 0 Å². The monoisotopic (exact) mass is 281 g/mol. The molecule has 0 spiro atoms. The van der Waals surface area contributed by atoms with Crippen LogP contribution in [0.1, 0.15) is 38.7 Å². The third-order valence-corrected chi connectivity index (χ3v) is 4.13. The quantitative estimate of drug-likeness (QED) is 0.851. The predicted octanol–water partition coefficient (Wildman–Crippen LogP) is 4.64. The molecule has 1 aromatic rings. The molecule has 0 radical (unpaired) electrons. The largest absolute Gasteiger partial charge is 0.383 e. The van der Waals surface area contributed by atoms with E-state index in [0.29, 0.717) is 5.92 Å². The van der Waals surface area contributed by atoms with E-state index in [2.05, 4.69) is 60.2 Å². The molecule has 0 aliphatic carbocycles. The molecule has 0 saturated heterocycles. The fourth-order valence-corrected chi connectivity index (χ4v) is 3.30. The van der Waals surface area contributed by atoms with Gasteiger partial charge in [-0.3, -0.25) is 0 Å². The molecule has 0 fully saturated rings. The van der Waals surface area contributed by atoms with Crippen molar-refractivity contribution in [3.8, 4) is 0 Å². The Morgan fingerprint density at radius 1 is 1.38 bits per heavy atom. The number of halogens is 1. The Kier molecular flexibility index (Phi) is 3.58. The van der Waals surface area contributed by atoms with Crippen LogP contribution < -0.4 is 5.32 Å². The van der Waals surface area contributed by atoms with E-state index in [9.17, 15) is 0 Å². The average Bonchev–Trinajstić information content (AvgIpc) is 2.61. The molecule has 88 valence electrons. The van der Waals surface area contributed by atoms with Crippen molar-refractivity contribution in [3.05, 3.63) is 28.2 Å². The molecule has 2 heteroatoms. The Bertz CT molecular complexity index is 373. The van der Waals surface area contributed by atoms with Crippen molar-refractivity contribution in [1.29, 1.82) is 0 Å². The van der Waals surface area contributed by atoms with E-state index in [1.165, 1.54) is 22.1 Å². The standard InChI is InChI=1S/C14H20BrN/c1-9(2)7-10(3)12-8-16-14-11(12)5-4-6-13(14)15/h4-6,9-10,12,16H,7-8H2,1-3H3. The number of benzene rings is 1. The molecule has 1 aromatic carbocycles. The van der Waals surface area contributed by atoms with Crippen molar-refractivity contribution >= 4 is 21.6 Å². The lowest BCUT2D eigenvalue weighted by Gasteiger charge is -2.21. The van der Waals surface area contributed by atoms with Gasteiger partial charge >= 0.3 is 0 Å². The van der Waals surface area contributed by atoms with Crippen molar-refractivity contribution < 1.29 is 0 Å². The van der Waals surface area contributed by atoms with Crippen LogP contribution in [-0.2, 0) is 0 Å². The Labute approximate surface area is 107 Å². The Hall–Kier alpha value is -0.500. The van der Waals surface area contributed by atoms with Gasteiger partial charge in [-0.05, 0) is 45.8 Å². The van der Waals surface area contributed by atoms with Gasteiger partial charge in [0.25, 0.3) is 0 Å². The summed E-state index contributed by atoms with van der Waals surface area (Å²) in [5.41, 5.74) is 2.80. The van der Waals surface area contributed by atoms with Gasteiger partial charge < -0.3 is 5.32 Å². The van der Waals surface area contributed by atoms with Crippen LogP contribution in [0.15, 0.2) is 22.7 Å². The fraction of sp³-hybridized carbons (Fsp3) is 0.571. The molecule has 1 heterocycles. The minimum absolute atomic E-state index is 0.676. The number of fused-ring (bicyclic) bond motifs is 1. The molecule has 0 amide bonds. The second-order valence-electron chi connectivity index (χ2n) is 5.30. The Balaban J connectivity index is 2.20. The molecule has 1 N–H and O–H groups in total. The van der Waals surface area contributed by atoms with Crippen LogP contribution in [0.5, 0.6) is 0 Å². The van der Waals surface area contributed by atoms with E-state index in [1.807, 2.05) is 0 Å². The van der Waals surface area contributed by atoms with Crippen molar-refractivity contribution in [1.82, 2.24) is 0 Å². The summed E-state index contributed by atoms with van der Waals surface area (Å²) in [6.45, 7) is 8.08. The van der Waals surface area contributed by atoms with E-state index in [0.717, 1.165) is 18.4 Å². The van der Waals surface area contributed by atoms with Crippen LogP contribution in [0.4, 0.5) is 5.69 Å². The summed E-state index contributed by atoms with van der Waals surface area (Å²) < 4.78 is 1.20. The normalized spacial score (nSPS) is 20.7. The van der Waals surface area contributed by atoms with E-state index < -0.39 is 0 Å². The van der Waals surface area contributed by atoms with Crippen LogP contribution in [0.2, 0.25) is 0 Å². The van der Waals surface area contributed by atoms with Gasteiger partial charge in [0.2, 0.25) is 0 Å². The lowest BCUT2D eigenvalue weighted by molar-refractivity contribution is 0.388. The smallest absolute Gasteiger partial charge is 0.0521 e. The molecule has 2 atom stereocenters. The zero-order valence-corrected chi connectivity index (χ0v) is 11.8. The zero-order valence-electron chi connectivity index (χ0n) is 10.3. The summed E-state index contributed by atoms with van der Waals surface area (Å²) >= 11 is 3.61. The first-order valence-electron chi connectivity index (χ1n) is 6.12. The molecule has 16 heavy (non-hydrogen) atoms. The molecule has 0 bridgehead atoms. The van der Waals surface area contributed by atoms with Gasteiger partial charge in [0.1, 0.15) is 0 Å². The Morgan fingerprint density at radius 2 is 2.12 bits per heavy atom. The number of para-hydroxylation sites is 1. The first kappa shape index (κ1) is 12.0. The highest BCUT2D eigenvalue weighted by atomic mass is 79.9. The lowest BCUT2D eigenvalue weighted by Crippen LogP contribution is -2.14. The second-order valence-corrected chi connectivity index (χ2v) is 6.15. The lowest BCUT2D eigenvalue weighted by atomic mass is 9.84. The highest BCUT2D eigenvalue weighted by Gasteiger charge is 2.28. The SMILES string of the molecule is CC(C)CC(C)C1CNc2c(Br)cccc21. The maximum absolute atomic E-state index is 3.61. The third kappa shape index (κ3) is 2.27. The van der Waals surface area contributed by atoms with Crippen LogP contribution in [0, 0.1) is 11.8 Å². The van der Waals surface area contributed by atoms with E-state index >= 15 is 0 Å². The fourth-order valence-electron chi connectivity index (χ4n) is 2.77. The summed E-state index contributed by atoms with van der Waals surface area (Å²) in [5.74, 6) is 2.21. The molecule has 2 unspecified atom stereocenters. The van der Waals surface area contributed by atoms with Gasteiger partial charge in [-0.25, -0.2) is 0 Å². The predicted molar refractivity (Wildman–Crippen MR) is 74.0 cm³/mol. The number of hydrogen-bond donors (Lipinski definition) is 1. The number of rotatable bonds is 3. The molecule has 1 aliphatic heterocycles. The van der Waals surface area contributed by atoms with Gasteiger partial charge in [-0.15, -0.1) is 0 Å². The van der Waals surface area contributed by atoms with Crippen molar-refractivity contribution in [2.75, 3.05) is 11.9 Å². The summed E-state index contributed by atoms with van der Waals surface area (Å²) in [6.07, 6.45) is 1.30. The molecular weight excluding hydrogens is 262 g/mol. The van der Waals surface area contributed by atoms with Gasteiger partial charge in [-0.1, -0.05) is 32.9 Å². The van der Waals surface area contributed by atoms with Crippen molar-refractivity contribution in [2.45, 2.75) is 33.1 Å². The summed E-state index contributed by atoms with van der Waals surface area (Å²) in [6, 6.07) is 6.52. The van der Waals surface area contributed by atoms with Crippen LogP contribution in [-0.4, -0.2) is 6.54 Å². The first-order valence-corrected chi connectivity index (χ1v) is 6.91. The van der Waals surface area contributed by atoms with Gasteiger partial charge in [0.05, 0.1) is 5.69 Å². The number of nitrogens with one attached hydrogen (secondary N) is 1. The highest BCUT2D eigenvalue weighted by Crippen LogP contribution is 2.41. The first-order chi connectivity index (χ1) is 7.59. The highest BCUT2D eigenvalue weighted by molar-refractivity contribution is 9.10. The molecule has 1 nitrogen and oxygen atoms in total. The maximum Gasteiger partial charge on any atom is 0.0521 e. The van der Waals surface area contributed by atoms with Crippen LogP contribution in [0.25, 0.3) is 0 Å². The second kappa shape index (κ2) is 4.79. The topological polar surface area (TPSA) is 12.0 Å². The van der Waals surface area contributed by atoms with E-state index in [1.54, 1.807) is 0 Å². The Morgan fingerprint density at radius 3 is 2.81 bits per heavy atom. The number of hydrogen-bond acceptors (Lipinski definition) is 1. The summed E-state index contributed by atoms with van der Waals surface area (Å²) in [7, 11) is 0. The number of anilines is 1. The van der Waals surface area contributed by atoms with E-state index in [-0.39, 0.29) is 0 Å². The molecule has 2 rings (SSSR count). The zero-order chi connectivity index (χ0) is 11.7. The average molecular weight is 282 g/mol. The minimum Gasteiger partial charge on any atom is -0.383 e. The van der Waals surface area contributed by atoms with Gasteiger partial charge in [0.15, 0.2) is 0 Å². The molecular formula is C14H20BrN. The summed E-state index contributed by atoms with van der Waals surface area (Å²) in [5, 5.41) is 3.53. The maximum atomic E-state index is 3.61. The van der Waals surface area contributed by atoms with Crippen LogP contribution in [0.3, 0.4) is 0 Å². The van der Waals surface area contributed by atoms with E-state index in [4.69, 9.17) is 0 Å². The summed E-state index contributed by atoms with van der Waals surface area (Å²) in [4.78, 5) is 0. The minimum atomic E-state index is 0.676. The van der Waals surface area contributed by atoms with Crippen molar-refractivity contribution in [3.63, 3.8) is 0 Å². The van der Waals surface area contributed by atoms with Crippen molar-refractivity contribution in [2.24, 2.45) is 11.8 Å². The molecule has 1 aliphatic rings. The van der Waals surface area contributed by atoms with Gasteiger partial charge in [0, 0.05) is 16.9 Å². The molecule has 0 saturated carbocycles. The third-order valence-electron chi connectivity index (χ3n) is 3.47. The molecule has 0 aromatic heterocycles. The van der Waals surface area contributed by atoms with Crippen LogP contribution >= 0.6 is 15.9 Å².